The average Bonchev–Trinajstić information content (AvgIpc) is 3.07. The van der Waals surface area contributed by atoms with Gasteiger partial charge in [0.2, 0.25) is 10.0 Å². The van der Waals surface area contributed by atoms with Crippen LogP contribution in [0.3, 0.4) is 0 Å². The summed E-state index contributed by atoms with van der Waals surface area (Å²) in [6, 6.07) is 16.2. The molecule has 264 valence electrons. The summed E-state index contributed by atoms with van der Waals surface area (Å²) in [4.78, 5) is 39.2. The molecule has 0 unspecified atom stereocenters. The van der Waals surface area contributed by atoms with Crippen molar-refractivity contribution >= 4 is 27.7 Å². The summed E-state index contributed by atoms with van der Waals surface area (Å²) in [5.41, 5.74) is 1.98. The number of nitrogens with one attached hydrogen (secondary N) is 1. The second-order valence-corrected chi connectivity index (χ2v) is 14.6. The van der Waals surface area contributed by atoms with Crippen LogP contribution in [0.1, 0.15) is 147 Å². The number of imide groups is 3. The van der Waals surface area contributed by atoms with Crippen LogP contribution in [0.2, 0.25) is 0 Å². The van der Waals surface area contributed by atoms with Crippen molar-refractivity contribution in [1.82, 2.24) is 4.72 Å². The number of hydrogen-bond acceptors (Lipinski definition) is 5. The standard InChI is InChI=1S/C25H48NO3.C14H15NO2S/c1-5-8-11-14-17-20-23(27)26(4,24(28)21-18-15-12-9-6-2)25(29)22-19-16-13-10-7-3;1-12-7-9-14(10-8-12)18(16,17)15-11-13-5-3-2-4-6-13/h5-22H2,1-4H3;2-10,15H,11H2,1H3/q+1;. The van der Waals surface area contributed by atoms with E-state index in [0.717, 1.165) is 88.2 Å². The van der Waals surface area contributed by atoms with Gasteiger partial charge in [-0.15, -0.1) is 4.48 Å². The highest BCUT2D eigenvalue weighted by Gasteiger charge is 2.45. The fourth-order valence-electron chi connectivity index (χ4n) is 5.30. The van der Waals surface area contributed by atoms with Gasteiger partial charge in [-0.25, -0.2) is 27.5 Å². The fraction of sp³-hybridized carbons (Fsp3) is 0.615. The first kappa shape index (κ1) is 42.3. The second kappa shape index (κ2) is 24.5. The minimum absolute atomic E-state index is 0.196. The molecule has 7 nitrogen and oxygen atoms in total. The Bertz CT molecular complexity index is 1200. The molecule has 0 aliphatic heterocycles. The van der Waals surface area contributed by atoms with Crippen LogP contribution in [0.5, 0.6) is 0 Å². The van der Waals surface area contributed by atoms with Gasteiger partial charge in [-0.1, -0.05) is 146 Å². The topological polar surface area (TPSA) is 97.4 Å². The number of sulfonamides is 1. The van der Waals surface area contributed by atoms with E-state index in [1.54, 1.807) is 31.3 Å². The highest BCUT2D eigenvalue weighted by molar-refractivity contribution is 7.89. The third kappa shape index (κ3) is 16.8. The van der Waals surface area contributed by atoms with Crippen molar-refractivity contribution in [2.45, 2.75) is 155 Å². The molecule has 0 heterocycles. The van der Waals surface area contributed by atoms with Gasteiger partial charge in [-0.2, -0.15) is 0 Å². The lowest BCUT2D eigenvalue weighted by Gasteiger charge is -2.26. The van der Waals surface area contributed by atoms with E-state index in [1.807, 2.05) is 37.3 Å². The zero-order valence-electron chi connectivity index (χ0n) is 30.0. The lowest BCUT2D eigenvalue weighted by atomic mass is 10.1. The summed E-state index contributed by atoms with van der Waals surface area (Å²) in [5.74, 6) is -0.587. The van der Waals surface area contributed by atoms with Gasteiger partial charge < -0.3 is 0 Å². The maximum atomic E-state index is 13.0. The molecule has 47 heavy (non-hydrogen) atoms. The first-order valence-electron chi connectivity index (χ1n) is 18.1. The quantitative estimate of drug-likeness (QED) is 0.0993. The lowest BCUT2D eigenvalue weighted by Crippen LogP contribution is -2.57. The number of amides is 3. The van der Waals surface area contributed by atoms with Crippen molar-refractivity contribution in [1.29, 1.82) is 0 Å². The summed E-state index contributed by atoms with van der Waals surface area (Å²) < 4.78 is 26.0. The van der Waals surface area contributed by atoms with Gasteiger partial charge in [-0.05, 0) is 43.9 Å². The Morgan fingerprint density at radius 1 is 0.574 bits per heavy atom. The molecule has 0 bridgehead atoms. The number of aryl methyl sites for hydroxylation is 1. The van der Waals surface area contributed by atoms with E-state index in [4.69, 9.17) is 0 Å². The Labute approximate surface area is 286 Å². The number of rotatable bonds is 22. The molecule has 2 rings (SSSR count). The summed E-state index contributed by atoms with van der Waals surface area (Å²) in [7, 11) is -1.86. The molecule has 0 aliphatic rings. The van der Waals surface area contributed by atoms with Gasteiger partial charge in [0.25, 0.3) is 0 Å². The molecule has 0 fully saturated rings. The van der Waals surface area contributed by atoms with Gasteiger partial charge in [0.15, 0.2) is 0 Å². The predicted molar refractivity (Wildman–Crippen MR) is 193 cm³/mol. The van der Waals surface area contributed by atoms with Crippen molar-refractivity contribution in [3.8, 4) is 0 Å². The third-order valence-electron chi connectivity index (χ3n) is 8.62. The minimum Gasteiger partial charge on any atom is -0.230 e. The Morgan fingerprint density at radius 3 is 1.34 bits per heavy atom. The number of carbonyl (C=O) groups is 3. The van der Waals surface area contributed by atoms with Gasteiger partial charge in [0.1, 0.15) is 0 Å². The predicted octanol–water partition coefficient (Wildman–Crippen LogP) is 9.57. The van der Waals surface area contributed by atoms with Crippen LogP contribution in [0.15, 0.2) is 59.5 Å². The second-order valence-electron chi connectivity index (χ2n) is 12.8. The lowest BCUT2D eigenvalue weighted by molar-refractivity contribution is -0.681. The minimum atomic E-state index is -3.43. The number of carbonyl (C=O) groups excluding carboxylic acids is 3. The zero-order chi connectivity index (χ0) is 35.0. The van der Waals surface area contributed by atoms with Crippen molar-refractivity contribution < 1.29 is 27.3 Å². The summed E-state index contributed by atoms with van der Waals surface area (Å²) in [6.45, 7) is 8.72. The van der Waals surface area contributed by atoms with Crippen LogP contribution in [0.25, 0.3) is 0 Å². The number of unbranched alkanes of at least 4 members (excludes halogenated alkanes) is 12. The van der Waals surface area contributed by atoms with Gasteiger partial charge in [0.05, 0.1) is 31.2 Å². The molecule has 1 N–H and O–H groups in total. The van der Waals surface area contributed by atoms with Crippen LogP contribution < -0.4 is 4.72 Å². The van der Waals surface area contributed by atoms with Crippen LogP contribution in [0.4, 0.5) is 0 Å². The highest BCUT2D eigenvalue weighted by atomic mass is 32.2. The molecule has 0 spiro atoms. The zero-order valence-corrected chi connectivity index (χ0v) is 30.8. The van der Waals surface area contributed by atoms with Crippen molar-refractivity contribution in [3.05, 3.63) is 65.7 Å². The molecule has 0 saturated carbocycles. The monoisotopic (exact) mass is 671 g/mol. The summed E-state index contributed by atoms with van der Waals surface area (Å²) >= 11 is 0. The van der Waals surface area contributed by atoms with Crippen molar-refractivity contribution in [2.24, 2.45) is 0 Å². The summed E-state index contributed by atoms with van der Waals surface area (Å²) in [6.07, 6.45) is 16.7. The molecule has 2 aromatic rings. The Hall–Kier alpha value is -2.68. The van der Waals surface area contributed by atoms with E-state index in [-0.39, 0.29) is 17.7 Å². The molecule has 0 aromatic heterocycles. The van der Waals surface area contributed by atoms with E-state index in [0.29, 0.717) is 30.7 Å². The Balaban J connectivity index is 0.000000520. The van der Waals surface area contributed by atoms with E-state index in [2.05, 4.69) is 25.5 Å². The Kier molecular flexibility index (Phi) is 22.0. The molecule has 0 atom stereocenters. The van der Waals surface area contributed by atoms with Crippen LogP contribution >= 0.6 is 0 Å². The number of hydrogen-bond donors (Lipinski definition) is 1. The van der Waals surface area contributed by atoms with Crippen LogP contribution in [0, 0.1) is 6.92 Å². The molecule has 0 saturated heterocycles. The number of quaternary nitrogens is 1. The maximum absolute atomic E-state index is 13.0. The fourth-order valence-corrected chi connectivity index (χ4v) is 6.32. The largest absolute Gasteiger partial charge is 0.328 e. The van der Waals surface area contributed by atoms with Crippen LogP contribution in [-0.2, 0) is 31.0 Å². The first-order valence-corrected chi connectivity index (χ1v) is 19.6. The smallest absolute Gasteiger partial charge is 0.230 e. The maximum Gasteiger partial charge on any atom is 0.328 e. The molecule has 3 amide bonds. The Morgan fingerprint density at radius 2 is 0.957 bits per heavy atom. The van der Waals surface area contributed by atoms with Gasteiger partial charge >= 0.3 is 17.7 Å². The first-order chi connectivity index (χ1) is 22.5. The van der Waals surface area contributed by atoms with Gasteiger partial charge in [-0.3, -0.25) is 0 Å². The molecule has 8 heteroatoms. The molecule has 2 aromatic carbocycles. The van der Waals surface area contributed by atoms with Crippen molar-refractivity contribution in [2.75, 3.05) is 7.05 Å². The summed E-state index contributed by atoms with van der Waals surface area (Å²) in [5, 5.41) is 0. The molecular weight excluding hydrogens is 609 g/mol. The van der Waals surface area contributed by atoms with Gasteiger partial charge in [0, 0.05) is 6.54 Å². The van der Waals surface area contributed by atoms with Crippen LogP contribution in [-0.4, -0.2) is 37.7 Å². The molecular formula is C39H63N2O5S+. The molecule has 0 aliphatic carbocycles. The van der Waals surface area contributed by atoms with E-state index in [1.165, 1.54) is 19.3 Å². The van der Waals surface area contributed by atoms with Crippen molar-refractivity contribution in [3.63, 3.8) is 0 Å². The SMILES string of the molecule is CCCCCCCC(=O)[N+](C)(C(=O)CCCCCCC)C(=O)CCCCCCC.Cc1ccc(S(=O)(=O)NCc2ccccc2)cc1. The number of benzene rings is 2. The molecule has 0 radical (unpaired) electrons. The average molecular weight is 672 g/mol. The van der Waals surface area contributed by atoms with E-state index in [9.17, 15) is 22.8 Å². The highest BCUT2D eigenvalue weighted by Crippen LogP contribution is 2.20. The normalized spacial score (nSPS) is 11.5. The van der Waals surface area contributed by atoms with E-state index >= 15 is 0 Å². The third-order valence-corrected chi connectivity index (χ3v) is 10.0. The number of nitrogens with zero attached hydrogens (tertiary/aromatic N) is 1. The van der Waals surface area contributed by atoms with E-state index < -0.39 is 14.5 Å².